The van der Waals surface area contributed by atoms with Crippen LogP contribution in [0.15, 0.2) is 24.3 Å². The molecule has 1 aromatic carbocycles. The van der Waals surface area contributed by atoms with Crippen molar-refractivity contribution in [2.24, 2.45) is 0 Å². The number of hydrogen-bond donors (Lipinski definition) is 1. The van der Waals surface area contributed by atoms with E-state index in [0.29, 0.717) is 6.04 Å². The zero-order valence-electron chi connectivity index (χ0n) is 8.66. The molecule has 0 radical (unpaired) electrons. The van der Waals surface area contributed by atoms with Gasteiger partial charge in [-0.2, -0.15) is 0 Å². The van der Waals surface area contributed by atoms with Crippen LogP contribution in [0.5, 0.6) is 0 Å². The Hall–Kier alpha value is -0.730. The quantitative estimate of drug-likeness (QED) is 0.762. The number of fused-ring (bicyclic) bond motifs is 1. The molecular weight excluding hydrogens is 196 g/mol. The van der Waals surface area contributed by atoms with Gasteiger partial charge in [0.05, 0.1) is 0 Å². The number of likely N-dealkylation sites (N-methyl/N-ethyl adjacent to an activating group) is 2. The van der Waals surface area contributed by atoms with Crippen molar-refractivity contribution in [3.8, 4) is 0 Å². The first kappa shape index (κ1) is 11.3. The van der Waals surface area contributed by atoms with Gasteiger partial charge in [-0.3, -0.25) is 0 Å². The van der Waals surface area contributed by atoms with E-state index in [9.17, 15) is 0 Å². The van der Waals surface area contributed by atoms with Crippen molar-refractivity contribution in [1.29, 1.82) is 0 Å². The molecule has 1 heterocycles. The van der Waals surface area contributed by atoms with Gasteiger partial charge in [-0.1, -0.05) is 18.2 Å². The van der Waals surface area contributed by atoms with Gasteiger partial charge in [0.2, 0.25) is 0 Å². The first-order chi connectivity index (χ1) is 6.31. The Kier molecular flexibility index (Phi) is 3.78. The lowest BCUT2D eigenvalue weighted by Gasteiger charge is -2.33. The Balaban J connectivity index is 0.000000980. The second kappa shape index (κ2) is 4.67. The number of nitrogens with one attached hydrogen (secondary N) is 1. The first-order valence-corrected chi connectivity index (χ1v) is 4.77. The van der Waals surface area contributed by atoms with Crippen molar-refractivity contribution in [3.63, 3.8) is 0 Å². The standard InChI is InChI=1S/C11H16N2.ClH/c1-12-10-7-9-5-3-4-6-11(9)13(2)8-10;/h3-6,10,12H,7-8H2,1-2H3;1H. The number of benzene rings is 1. The molecule has 0 fully saturated rings. The summed E-state index contributed by atoms with van der Waals surface area (Å²) < 4.78 is 0. The van der Waals surface area contributed by atoms with Crippen LogP contribution in [0.1, 0.15) is 5.56 Å². The van der Waals surface area contributed by atoms with Gasteiger partial charge < -0.3 is 10.2 Å². The topological polar surface area (TPSA) is 15.3 Å². The smallest absolute Gasteiger partial charge is 0.0397 e. The maximum absolute atomic E-state index is 3.33. The molecule has 0 bridgehead atoms. The fourth-order valence-electron chi connectivity index (χ4n) is 2.01. The average Bonchev–Trinajstić information content (AvgIpc) is 2.18. The zero-order chi connectivity index (χ0) is 9.26. The highest BCUT2D eigenvalue weighted by atomic mass is 35.5. The van der Waals surface area contributed by atoms with Crippen molar-refractivity contribution in [2.45, 2.75) is 12.5 Å². The summed E-state index contributed by atoms with van der Waals surface area (Å²) in [4.78, 5) is 2.32. The Morgan fingerprint density at radius 2 is 2.07 bits per heavy atom. The van der Waals surface area contributed by atoms with Crippen LogP contribution in [0.3, 0.4) is 0 Å². The predicted molar refractivity (Wildman–Crippen MR) is 63.5 cm³/mol. The second-order valence-corrected chi connectivity index (χ2v) is 3.70. The minimum absolute atomic E-state index is 0. The van der Waals surface area contributed by atoms with E-state index in [4.69, 9.17) is 0 Å². The molecule has 3 heteroatoms. The number of hydrogen-bond acceptors (Lipinski definition) is 2. The van der Waals surface area contributed by atoms with Gasteiger partial charge in [-0.15, -0.1) is 12.4 Å². The minimum atomic E-state index is 0. The van der Waals surface area contributed by atoms with Gasteiger partial charge >= 0.3 is 0 Å². The third-order valence-corrected chi connectivity index (χ3v) is 2.77. The van der Waals surface area contributed by atoms with E-state index >= 15 is 0 Å². The molecule has 1 aromatic rings. The van der Waals surface area contributed by atoms with Gasteiger partial charge in [0.25, 0.3) is 0 Å². The maximum atomic E-state index is 3.33. The predicted octanol–water partition coefficient (Wildman–Crippen LogP) is 1.69. The van der Waals surface area contributed by atoms with Crippen LogP contribution in [0.2, 0.25) is 0 Å². The van der Waals surface area contributed by atoms with Gasteiger partial charge in [-0.05, 0) is 25.1 Å². The Labute approximate surface area is 91.7 Å². The Morgan fingerprint density at radius 1 is 1.36 bits per heavy atom. The molecule has 1 atom stereocenters. The summed E-state index contributed by atoms with van der Waals surface area (Å²) in [5, 5.41) is 3.33. The van der Waals surface area contributed by atoms with Crippen molar-refractivity contribution in [1.82, 2.24) is 5.32 Å². The van der Waals surface area contributed by atoms with Crippen LogP contribution in [-0.2, 0) is 6.42 Å². The molecule has 0 aliphatic carbocycles. The van der Waals surface area contributed by atoms with Crippen LogP contribution in [0.25, 0.3) is 0 Å². The summed E-state index contributed by atoms with van der Waals surface area (Å²) >= 11 is 0. The molecule has 1 aliphatic heterocycles. The highest BCUT2D eigenvalue weighted by Crippen LogP contribution is 2.24. The molecule has 78 valence electrons. The van der Waals surface area contributed by atoms with Crippen molar-refractivity contribution >= 4 is 18.1 Å². The van der Waals surface area contributed by atoms with Crippen molar-refractivity contribution < 1.29 is 0 Å². The van der Waals surface area contributed by atoms with Crippen molar-refractivity contribution in [3.05, 3.63) is 29.8 Å². The molecule has 1 unspecified atom stereocenters. The molecule has 0 saturated heterocycles. The second-order valence-electron chi connectivity index (χ2n) is 3.70. The van der Waals surface area contributed by atoms with E-state index < -0.39 is 0 Å². The monoisotopic (exact) mass is 212 g/mol. The molecular formula is C11H17ClN2. The van der Waals surface area contributed by atoms with E-state index in [1.165, 1.54) is 11.3 Å². The van der Waals surface area contributed by atoms with E-state index in [2.05, 4.69) is 41.5 Å². The van der Waals surface area contributed by atoms with Crippen LogP contribution >= 0.6 is 12.4 Å². The van der Waals surface area contributed by atoms with Gasteiger partial charge in [0, 0.05) is 25.3 Å². The first-order valence-electron chi connectivity index (χ1n) is 4.77. The van der Waals surface area contributed by atoms with E-state index in [0.717, 1.165) is 13.0 Å². The van der Waals surface area contributed by atoms with Crippen LogP contribution in [0, 0.1) is 0 Å². The molecule has 14 heavy (non-hydrogen) atoms. The van der Waals surface area contributed by atoms with Crippen LogP contribution in [-0.4, -0.2) is 26.7 Å². The fraction of sp³-hybridized carbons (Fsp3) is 0.455. The lowest BCUT2D eigenvalue weighted by Crippen LogP contribution is -2.43. The number of rotatable bonds is 1. The van der Waals surface area contributed by atoms with Crippen LogP contribution < -0.4 is 10.2 Å². The number of halogens is 1. The van der Waals surface area contributed by atoms with E-state index in [1.807, 2.05) is 7.05 Å². The zero-order valence-corrected chi connectivity index (χ0v) is 9.47. The summed E-state index contributed by atoms with van der Waals surface area (Å²) in [5.74, 6) is 0. The highest BCUT2D eigenvalue weighted by Gasteiger charge is 2.19. The molecule has 1 N–H and O–H groups in total. The minimum Gasteiger partial charge on any atom is -0.373 e. The normalized spacial score (nSPS) is 19.9. The summed E-state index contributed by atoms with van der Waals surface area (Å²) in [6.07, 6.45) is 1.15. The lowest BCUT2D eigenvalue weighted by molar-refractivity contribution is 0.538. The summed E-state index contributed by atoms with van der Waals surface area (Å²) in [5.41, 5.74) is 2.84. The van der Waals surface area contributed by atoms with Crippen LogP contribution in [0.4, 0.5) is 5.69 Å². The average molecular weight is 213 g/mol. The SMILES string of the molecule is CNC1Cc2ccccc2N(C)C1.Cl. The largest absolute Gasteiger partial charge is 0.373 e. The molecule has 1 aliphatic rings. The molecule has 0 spiro atoms. The van der Waals surface area contributed by atoms with E-state index in [-0.39, 0.29) is 12.4 Å². The molecule has 0 aromatic heterocycles. The third kappa shape index (κ3) is 2.02. The van der Waals surface area contributed by atoms with E-state index in [1.54, 1.807) is 0 Å². The lowest BCUT2D eigenvalue weighted by atomic mass is 9.99. The molecule has 2 rings (SSSR count). The summed E-state index contributed by atoms with van der Waals surface area (Å²) in [6, 6.07) is 9.23. The fourth-order valence-corrected chi connectivity index (χ4v) is 2.01. The van der Waals surface area contributed by atoms with Crippen molar-refractivity contribution in [2.75, 3.05) is 25.5 Å². The summed E-state index contributed by atoms with van der Waals surface area (Å²) in [7, 11) is 4.19. The number of nitrogens with zero attached hydrogens (tertiary/aromatic N) is 1. The Bertz CT molecular complexity index is 301. The Morgan fingerprint density at radius 3 is 2.79 bits per heavy atom. The summed E-state index contributed by atoms with van der Waals surface area (Å²) in [6.45, 7) is 1.10. The van der Waals surface area contributed by atoms with Gasteiger partial charge in [-0.25, -0.2) is 0 Å². The maximum Gasteiger partial charge on any atom is 0.0397 e. The number of anilines is 1. The molecule has 0 saturated carbocycles. The highest BCUT2D eigenvalue weighted by molar-refractivity contribution is 5.85. The molecule has 2 nitrogen and oxygen atoms in total. The molecule has 0 amide bonds. The van der Waals surface area contributed by atoms with Gasteiger partial charge in [0.1, 0.15) is 0 Å². The number of para-hydroxylation sites is 1. The third-order valence-electron chi connectivity index (χ3n) is 2.77. The van der Waals surface area contributed by atoms with Gasteiger partial charge in [0.15, 0.2) is 0 Å².